The van der Waals surface area contributed by atoms with Crippen molar-refractivity contribution < 1.29 is 28.2 Å². The van der Waals surface area contributed by atoms with Gasteiger partial charge in [-0.05, 0) is 24.3 Å². The molecule has 2 aromatic carbocycles. The van der Waals surface area contributed by atoms with Crippen LogP contribution in [0.25, 0.3) is 10.2 Å². The van der Waals surface area contributed by atoms with Crippen molar-refractivity contribution >= 4 is 33.4 Å². The van der Waals surface area contributed by atoms with E-state index in [1.54, 1.807) is 30.3 Å². The predicted molar refractivity (Wildman–Crippen MR) is 101 cm³/mol. The number of amides is 1. The highest BCUT2D eigenvalue weighted by Gasteiger charge is 2.20. The van der Waals surface area contributed by atoms with Crippen molar-refractivity contribution in [2.75, 3.05) is 21.3 Å². The van der Waals surface area contributed by atoms with Gasteiger partial charge in [0, 0.05) is 0 Å². The minimum absolute atomic E-state index is 0.134. The third kappa shape index (κ3) is 3.61. The summed E-state index contributed by atoms with van der Waals surface area (Å²) in [5.74, 6) is -1.17. The average molecular weight is 404 g/mol. The van der Waals surface area contributed by atoms with Crippen molar-refractivity contribution in [3.63, 3.8) is 0 Å². The van der Waals surface area contributed by atoms with Crippen LogP contribution in [0, 0.1) is 5.82 Å². The first-order valence-electron chi connectivity index (χ1n) is 8.14. The molecule has 0 fully saturated rings. The van der Waals surface area contributed by atoms with Gasteiger partial charge in [0.15, 0.2) is 4.80 Å². The van der Waals surface area contributed by atoms with E-state index in [0.29, 0.717) is 16.2 Å². The fourth-order valence-corrected chi connectivity index (χ4v) is 3.76. The highest BCUT2D eigenvalue weighted by atomic mass is 32.1. The van der Waals surface area contributed by atoms with Gasteiger partial charge in [0.05, 0.1) is 31.5 Å². The highest BCUT2D eigenvalue weighted by molar-refractivity contribution is 7.16. The van der Waals surface area contributed by atoms with Crippen LogP contribution in [0.15, 0.2) is 41.4 Å². The standard InChI is InChI=1S/C19H17FN2O5S/c1-25-12-7-5-8-13(26-2)16(12)18(24)21-19-22(10-15(23)27-3)17-11(20)6-4-9-14(17)28-19/h4-9H,10H2,1-3H3. The van der Waals surface area contributed by atoms with Crippen LogP contribution in [0.4, 0.5) is 4.39 Å². The van der Waals surface area contributed by atoms with Crippen LogP contribution in [0.5, 0.6) is 11.5 Å². The Kier molecular flexibility index (Phi) is 5.74. The van der Waals surface area contributed by atoms with E-state index in [4.69, 9.17) is 9.47 Å². The quantitative estimate of drug-likeness (QED) is 0.611. The first kappa shape index (κ1) is 19.6. The highest BCUT2D eigenvalue weighted by Crippen LogP contribution is 2.29. The van der Waals surface area contributed by atoms with Crippen LogP contribution >= 0.6 is 11.3 Å². The lowest BCUT2D eigenvalue weighted by Crippen LogP contribution is -2.23. The van der Waals surface area contributed by atoms with E-state index < -0.39 is 17.7 Å². The topological polar surface area (TPSA) is 79.1 Å². The van der Waals surface area contributed by atoms with Crippen LogP contribution in [-0.4, -0.2) is 37.8 Å². The van der Waals surface area contributed by atoms with Crippen molar-refractivity contribution in [2.24, 2.45) is 4.99 Å². The monoisotopic (exact) mass is 404 g/mol. The number of hydrogen-bond acceptors (Lipinski definition) is 6. The first-order valence-corrected chi connectivity index (χ1v) is 8.96. The van der Waals surface area contributed by atoms with Gasteiger partial charge in [-0.15, -0.1) is 0 Å². The van der Waals surface area contributed by atoms with Gasteiger partial charge >= 0.3 is 5.97 Å². The van der Waals surface area contributed by atoms with Crippen LogP contribution in [0.3, 0.4) is 0 Å². The second-order valence-corrected chi connectivity index (χ2v) is 6.60. The maximum absolute atomic E-state index is 14.4. The number of benzene rings is 2. The maximum atomic E-state index is 14.4. The summed E-state index contributed by atoms with van der Waals surface area (Å²) in [6, 6.07) is 9.41. The van der Waals surface area contributed by atoms with Gasteiger partial charge in [-0.1, -0.05) is 23.5 Å². The fourth-order valence-electron chi connectivity index (χ4n) is 2.72. The van der Waals surface area contributed by atoms with Gasteiger partial charge in [0.25, 0.3) is 5.91 Å². The van der Waals surface area contributed by atoms with Gasteiger partial charge in [-0.2, -0.15) is 4.99 Å². The van der Waals surface area contributed by atoms with E-state index in [2.05, 4.69) is 9.73 Å². The smallest absolute Gasteiger partial charge is 0.325 e. The number of halogens is 1. The molecule has 0 aliphatic heterocycles. The average Bonchev–Trinajstić information content (AvgIpc) is 3.05. The van der Waals surface area contributed by atoms with Crippen molar-refractivity contribution in [3.05, 3.63) is 52.6 Å². The summed E-state index contributed by atoms with van der Waals surface area (Å²) in [6.07, 6.45) is 0. The molecule has 1 amide bonds. The lowest BCUT2D eigenvalue weighted by atomic mass is 10.1. The van der Waals surface area contributed by atoms with Crippen molar-refractivity contribution in [1.82, 2.24) is 4.57 Å². The number of para-hydroxylation sites is 1. The van der Waals surface area contributed by atoms with Gasteiger partial charge in [-0.3, -0.25) is 9.59 Å². The molecule has 0 aliphatic carbocycles. The fraction of sp³-hybridized carbons (Fsp3) is 0.211. The SMILES string of the molecule is COC(=O)Cn1c(=NC(=O)c2c(OC)cccc2OC)sc2cccc(F)c21. The molecule has 28 heavy (non-hydrogen) atoms. The van der Waals surface area contributed by atoms with E-state index in [1.807, 2.05) is 0 Å². The molecule has 0 atom stereocenters. The maximum Gasteiger partial charge on any atom is 0.325 e. The molecule has 3 rings (SSSR count). The van der Waals surface area contributed by atoms with Crippen molar-refractivity contribution in [2.45, 2.75) is 6.54 Å². The zero-order valence-electron chi connectivity index (χ0n) is 15.4. The summed E-state index contributed by atoms with van der Waals surface area (Å²) in [5.41, 5.74) is 0.312. The second kappa shape index (κ2) is 8.22. The second-order valence-electron chi connectivity index (χ2n) is 5.59. The zero-order valence-corrected chi connectivity index (χ0v) is 16.2. The number of nitrogens with zero attached hydrogens (tertiary/aromatic N) is 2. The van der Waals surface area contributed by atoms with Gasteiger partial charge in [-0.25, -0.2) is 4.39 Å². The molecule has 1 heterocycles. The summed E-state index contributed by atoms with van der Waals surface area (Å²) in [5, 5.41) is 0. The third-order valence-corrected chi connectivity index (χ3v) is 5.05. The predicted octanol–water partition coefficient (Wildman–Crippen LogP) is 2.77. The van der Waals surface area contributed by atoms with E-state index >= 15 is 0 Å². The minimum Gasteiger partial charge on any atom is -0.496 e. The molecule has 9 heteroatoms. The van der Waals surface area contributed by atoms with E-state index in [9.17, 15) is 14.0 Å². The third-order valence-electron chi connectivity index (χ3n) is 4.01. The number of ether oxygens (including phenoxy) is 3. The van der Waals surface area contributed by atoms with Crippen molar-refractivity contribution in [3.8, 4) is 11.5 Å². The number of hydrogen-bond donors (Lipinski definition) is 0. The number of esters is 1. The molecule has 3 aromatic rings. The Hall–Kier alpha value is -3.20. The Morgan fingerprint density at radius 1 is 1.07 bits per heavy atom. The Bertz CT molecular complexity index is 1100. The molecule has 0 bridgehead atoms. The molecule has 0 N–H and O–H groups in total. The summed E-state index contributed by atoms with van der Waals surface area (Å²) >= 11 is 1.09. The Morgan fingerprint density at radius 2 is 1.71 bits per heavy atom. The number of rotatable bonds is 5. The summed E-state index contributed by atoms with van der Waals surface area (Å²) in [6.45, 7) is -0.285. The molecule has 146 valence electrons. The zero-order chi connectivity index (χ0) is 20.3. The van der Waals surface area contributed by atoms with E-state index in [-0.39, 0.29) is 22.4 Å². The number of fused-ring (bicyclic) bond motifs is 1. The Morgan fingerprint density at radius 3 is 2.32 bits per heavy atom. The lowest BCUT2D eigenvalue weighted by Gasteiger charge is -2.09. The number of carbonyl (C=O) groups is 2. The molecule has 1 aromatic heterocycles. The van der Waals surface area contributed by atoms with Gasteiger partial charge in [0.2, 0.25) is 0 Å². The van der Waals surface area contributed by atoms with Gasteiger partial charge in [0.1, 0.15) is 29.4 Å². The van der Waals surface area contributed by atoms with Crippen LogP contribution in [-0.2, 0) is 16.1 Å². The Balaban J connectivity index is 2.22. The lowest BCUT2D eigenvalue weighted by molar-refractivity contribution is -0.141. The molecular formula is C19H17FN2O5S. The van der Waals surface area contributed by atoms with Crippen LogP contribution in [0.1, 0.15) is 10.4 Å². The first-order chi connectivity index (χ1) is 13.5. The molecule has 0 saturated carbocycles. The molecule has 0 radical (unpaired) electrons. The molecule has 0 aliphatic rings. The summed E-state index contributed by atoms with van der Waals surface area (Å²) in [7, 11) is 4.09. The molecule has 0 spiro atoms. The van der Waals surface area contributed by atoms with E-state index in [0.717, 1.165) is 11.3 Å². The molecular weight excluding hydrogens is 387 g/mol. The van der Waals surface area contributed by atoms with Crippen molar-refractivity contribution in [1.29, 1.82) is 0 Å². The molecule has 0 unspecified atom stereocenters. The Labute approximate surface area is 163 Å². The number of carbonyl (C=O) groups excluding carboxylic acids is 2. The van der Waals surface area contributed by atoms with Crippen LogP contribution in [0.2, 0.25) is 0 Å². The largest absolute Gasteiger partial charge is 0.496 e. The molecule has 7 nitrogen and oxygen atoms in total. The number of aromatic nitrogens is 1. The normalized spacial score (nSPS) is 11.5. The van der Waals surface area contributed by atoms with Crippen LogP contribution < -0.4 is 14.3 Å². The van der Waals surface area contributed by atoms with Gasteiger partial charge < -0.3 is 18.8 Å². The van der Waals surface area contributed by atoms with E-state index in [1.165, 1.54) is 32.0 Å². The summed E-state index contributed by atoms with van der Waals surface area (Å²) < 4.78 is 31.4. The number of thiazole rings is 1. The minimum atomic E-state index is -0.639. The number of methoxy groups -OCH3 is 3. The summed E-state index contributed by atoms with van der Waals surface area (Å²) in [4.78, 5) is 29.0. The molecule has 0 saturated heterocycles.